The number of aryl methyl sites for hydroxylation is 2. The lowest BCUT2D eigenvalue weighted by molar-refractivity contribution is 0.0387. The monoisotopic (exact) mass is 404 g/mol. The van der Waals surface area contributed by atoms with E-state index in [-0.39, 0.29) is 12.5 Å². The highest BCUT2D eigenvalue weighted by Gasteiger charge is 2.22. The summed E-state index contributed by atoms with van der Waals surface area (Å²) in [5, 5.41) is 2.90. The second-order valence-electron chi connectivity index (χ2n) is 6.55. The van der Waals surface area contributed by atoms with E-state index in [1.54, 1.807) is 32.7 Å². The smallest absolute Gasteiger partial charge is 0.340 e. The molecule has 0 saturated carbocycles. The van der Waals surface area contributed by atoms with Gasteiger partial charge in [-0.1, -0.05) is 29.8 Å². The van der Waals surface area contributed by atoms with Crippen LogP contribution in [0.2, 0.25) is 0 Å². The molecule has 152 valence electrons. The van der Waals surface area contributed by atoms with E-state index in [0.717, 1.165) is 11.5 Å². The maximum Gasteiger partial charge on any atom is 0.340 e. The number of hydrogen-bond donors (Lipinski definition) is 2. The molecule has 1 aromatic carbocycles. The summed E-state index contributed by atoms with van der Waals surface area (Å²) in [7, 11) is 1.54. The van der Waals surface area contributed by atoms with Crippen LogP contribution in [0.1, 0.15) is 43.2 Å². The molecule has 0 unspecified atom stereocenters. The van der Waals surface area contributed by atoms with Crippen molar-refractivity contribution >= 4 is 23.6 Å². The fourth-order valence-corrected chi connectivity index (χ4v) is 3.59. The maximum atomic E-state index is 12.5. The second-order valence-corrected chi connectivity index (χ2v) is 7.65. The molecule has 0 fully saturated rings. The number of esters is 1. The Morgan fingerprint density at radius 3 is 2.50 bits per heavy atom. The zero-order valence-electron chi connectivity index (χ0n) is 16.9. The van der Waals surface area contributed by atoms with Gasteiger partial charge >= 0.3 is 5.97 Å². The van der Waals surface area contributed by atoms with Crippen LogP contribution in [-0.4, -0.2) is 49.5 Å². The van der Waals surface area contributed by atoms with Crippen LogP contribution >= 0.6 is 11.8 Å². The molecule has 1 amide bonds. The first-order valence-electron chi connectivity index (χ1n) is 9.20. The Hall–Kier alpha value is -2.25. The molecule has 0 aliphatic rings. The first-order valence-corrected chi connectivity index (χ1v) is 10.4. The van der Waals surface area contributed by atoms with Crippen LogP contribution in [0.5, 0.6) is 0 Å². The van der Waals surface area contributed by atoms with Crippen molar-refractivity contribution in [2.24, 2.45) is 0 Å². The van der Waals surface area contributed by atoms with Crippen molar-refractivity contribution in [3.05, 3.63) is 57.9 Å². The Balaban J connectivity index is 1.82. The molecule has 2 rings (SSSR count). The number of carbonyl (C=O) groups is 2. The Labute approximate surface area is 170 Å². The number of hydrogen-bond acceptors (Lipinski definition) is 5. The highest BCUT2D eigenvalue weighted by molar-refractivity contribution is 7.98. The van der Waals surface area contributed by atoms with Crippen molar-refractivity contribution in [1.29, 1.82) is 0 Å². The van der Waals surface area contributed by atoms with Gasteiger partial charge in [0.05, 0.1) is 12.2 Å². The molecule has 1 heterocycles. The summed E-state index contributed by atoms with van der Waals surface area (Å²) in [6, 6.07) is 8.45. The lowest BCUT2D eigenvalue weighted by Crippen LogP contribution is -2.26. The van der Waals surface area contributed by atoms with Gasteiger partial charge in [0.25, 0.3) is 5.91 Å². The van der Waals surface area contributed by atoms with Crippen molar-refractivity contribution in [1.82, 2.24) is 10.3 Å². The van der Waals surface area contributed by atoms with E-state index in [1.807, 2.05) is 0 Å². The van der Waals surface area contributed by atoms with Crippen LogP contribution in [0.4, 0.5) is 0 Å². The molecule has 0 atom stereocenters. The number of carbonyl (C=O) groups excluding carboxylic acids is 2. The van der Waals surface area contributed by atoms with E-state index < -0.39 is 5.97 Å². The zero-order valence-corrected chi connectivity index (χ0v) is 17.7. The third kappa shape index (κ3) is 6.14. The summed E-state index contributed by atoms with van der Waals surface area (Å²) in [6.07, 6.45) is 0. The molecule has 0 saturated heterocycles. The van der Waals surface area contributed by atoms with Gasteiger partial charge in [0.15, 0.2) is 0 Å². The molecule has 0 spiro atoms. The van der Waals surface area contributed by atoms with Gasteiger partial charge in [0.1, 0.15) is 12.3 Å². The van der Waals surface area contributed by atoms with E-state index in [9.17, 15) is 9.59 Å². The minimum atomic E-state index is -0.448. The van der Waals surface area contributed by atoms with Crippen LogP contribution in [0, 0.1) is 20.8 Å². The molecule has 6 nitrogen and oxygen atoms in total. The fourth-order valence-electron chi connectivity index (χ4n) is 2.77. The van der Waals surface area contributed by atoms with E-state index in [4.69, 9.17) is 9.47 Å². The number of rotatable bonds is 10. The van der Waals surface area contributed by atoms with Crippen molar-refractivity contribution in [2.75, 3.05) is 32.6 Å². The lowest BCUT2D eigenvalue weighted by atomic mass is 10.1. The van der Waals surface area contributed by atoms with Crippen LogP contribution in [0.3, 0.4) is 0 Å². The highest BCUT2D eigenvalue weighted by atomic mass is 32.2. The average molecular weight is 405 g/mol. The first kappa shape index (κ1) is 22.0. The highest BCUT2D eigenvalue weighted by Crippen LogP contribution is 2.19. The molecular weight excluding hydrogens is 376 g/mol. The topological polar surface area (TPSA) is 80.4 Å². The molecule has 2 N–H and O–H groups in total. The molecule has 0 aliphatic heterocycles. The number of H-pyrrole nitrogens is 1. The molecule has 7 heteroatoms. The Morgan fingerprint density at radius 2 is 1.82 bits per heavy atom. The van der Waals surface area contributed by atoms with E-state index >= 15 is 0 Å². The van der Waals surface area contributed by atoms with E-state index in [0.29, 0.717) is 35.7 Å². The second kappa shape index (κ2) is 10.9. The molecule has 0 aliphatic carbocycles. The van der Waals surface area contributed by atoms with Crippen LogP contribution < -0.4 is 5.32 Å². The molecular formula is C21H28N2O4S. The number of benzene rings is 1. The quantitative estimate of drug-likeness (QED) is 0.469. The molecule has 0 bridgehead atoms. The largest absolute Gasteiger partial charge is 0.460 e. The molecule has 0 radical (unpaired) electrons. The van der Waals surface area contributed by atoms with Gasteiger partial charge in [-0.3, -0.25) is 4.79 Å². The van der Waals surface area contributed by atoms with Gasteiger partial charge in [0.2, 0.25) is 0 Å². The van der Waals surface area contributed by atoms with Crippen LogP contribution in [0.25, 0.3) is 0 Å². The Kier molecular flexibility index (Phi) is 8.60. The van der Waals surface area contributed by atoms with Gasteiger partial charge in [0, 0.05) is 30.9 Å². The molecule has 2 aromatic rings. The van der Waals surface area contributed by atoms with E-state index in [1.165, 1.54) is 11.1 Å². The van der Waals surface area contributed by atoms with Gasteiger partial charge in [-0.25, -0.2) is 4.79 Å². The third-order valence-electron chi connectivity index (χ3n) is 4.31. The number of nitrogens with one attached hydrogen (secondary N) is 2. The molecule has 28 heavy (non-hydrogen) atoms. The number of methoxy groups -OCH3 is 1. The van der Waals surface area contributed by atoms with Crippen molar-refractivity contribution in [2.45, 2.75) is 26.5 Å². The summed E-state index contributed by atoms with van der Waals surface area (Å²) in [4.78, 5) is 27.7. The lowest BCUT2D eigenvalue weighted by Gasteiger charge is -2.06. The number of ether oxygens (including phenoxy) is 2. The Bertz CT molecular complexity index is 799. The number of aromatic amines is 1. The number of amides is 1. The minimum absolute atomic E-state index is 0.180. The predicted molar refractivity (Wildman–Crippen MR) is 112 cm³/mol. The summed E-state index contributed by atoms with van der Waals surface area (Å²) in [5.41, 5.74) is 4.56. The first-order chi connectivity index (χ1) is 13.4. The SMILES string of the molecule is COCCOC(=O)c1c(C)[nH]c(C(=O)NCCSCc2ccc(C)cc2)c1C. The zero-order chi connectivity index (χ0) is 20.5. The standard InChI is InChI=1S/C21H28N2O4S/c1-14-5-7-17(8-6-14)13-28-12-9-22-20(24)19-15(2)18(16(3)23-19)21(25)27-11-10-26-4/h5-8,23H,9-13H2,1-4H3,(H,22,24). The summed E-state index contributed by atoms with van der Waals surface area (Å²) < 4.78 is 10.0. The number of thioether (sulfide) groups is 1. The van der Waals surface area contributed by atoms with Crippen molar-refractivity contribution in [3.8, 4) is 0 Å². The summed E-state index contributed by atoms with van der Waals surface area (Å²) in [6.45, 7) is 6.65. The molecule has 1 aromatic heterocycles. The van der Waals surface area contributed by atoms with Crippen molar-refractivity contribution in [3.63, 3.8) is 0 Å². The van der Waals surface area contributed by atoms with Crippen LogP contribution in [0.15, 0.2) is 24.3 Å². The third-order valence-corrected chi connectivity index (χ3v) is 5.34. The van der Waals surface area contributed by atoms with Crippen molar-refractivity contribution < 1.29 is 19.1 Å². The normalized spacial score (nSPS) is 10.7. The predicted octanol–water partition coefficient (Wildman–Crippen LogP) is 3.41. The van der Waals surface area contributed by atoms with Gasteiger partial charge in [-0.05, 0) is 31.9 Å². The maximum absolute atomic E-state index is 12.5. The van der Waals surface area contributed by atoms with Gasteiger partial charge in [-0.15, -0.1) is 0 Å². The number of aromatic nitrogens is 1. The summed E-state index contributed by atoms with van der Waals surface area (Å²) in [5.74, 6) is 1.06. The van der Waals surface area contributed by atoms with Crippen LogP contribution in [-0.2, 0) is 15.2 Å². The van der Waals surface area contributed by atoms with Gasteiger partial charge in [-0.2, -0.15) is 11.8 Å². The minimum Gasteiger partial charge on any atom is -0.460 e. The van der Waals surface area contributed by atoms with Gasteiger partial charge < -0.3 is 19.8 Å². The van der Waals surface area contributed by atoms with E-state index in [2.05, 4.69) is 41.5 Å². The Morgan fingerprint density at radius 1 is 1.11 bits per heavy atom. The summed E-state index contributed by atoms with van der Waals surface area (Å²) >= 11 is 1.77. The average Bonchev–Trinajstić information content (AvgIpc) is 2.97. The fraction of sp³-hybridized carbons (Fsp3) is 0.429.